The summed E-state index contributed by atoms with van der Waals surface area (Å²) in [4.78, 5) is 0. The number of nitrogens with one attached hydrogen (secondary N) is 1. The van der Waals surface area contributed by atoms with Crippen LogP contribution in [0.4, 0.5) is 4.39 Å². The van der Waals surface area contributed by atoms with Crippen LogP contribution in [0, 0.1) is 18.7 Å². The smallest absolute Gasteiger partial charge is 0.123 e. The Hall–Kier alpha value is -0.930. The van der Waals surface area contributed by atoms with Crippen molar-refractivity contribution < 1.29 is 9.13 Å². The van der Waals surface area contributed by atoms with Crippen molar-refractivity contribution in [3.63, 3.8) is 0 Å². The van der Waals surface area contributed by atoms with Crippen molar-refractivity contribution in [2.45, 2.75) is 58.6 Å². The van der Waals surface area contributed by atoms with Gasteiger partial charge in [-0.2, -0.15) is 0 Å². The molecule has 1 fully saturated rings. The lowest BCUT2D eigenvalue weighted by atomic mass is 9.95. The van der Waals surface area contributed by atoms with Crippen molar-refractivity contribution in [1.82, 2.24) is 5.32 Å². The first-order valence-electron chi connectivity index (χ1n) is 8.25. The zero-order valence-electron chi connectivity index (χ0n) is 13.5. The van der Waals surface area contributed by atoms with Crippen molar-refractivity contribution in [3.05, 3.63) is 35.1 Å². The molecule has 0 aromatic heterocycles. The van der Waals surface area contributed by atoms with Gasteiger partial charge in [-0.3, -0.25) is 0 Å². The minimum atomic E-state index is -0.149. The van der Waals surface area contributed by atoms with E-state index in [0.29, 0.717) is 5.92 Å². The van der Waals surface area contributed by atoms with Gasteiger partial charge in [0.2, 0.25) is 0 Å². The van der Waals surface area contributed by atoms with Crippen LogP contribution < -0.4 is 5.32 Å². The van der Waals surface area contributed by atoms with E-state index in [9.17, 15) is 4.39 Å². The quantitative estimate of drug-likeness (QED) is 0.746. The van der Waals surface area contributed by atoms with Gasteiger partial charge in [-0.05, 0) is 75.3 Å². The number of ether oxygens (including phenoxy) is 1. The molecule has 21 heavy (non-hydrogen) atoms. The molecule has 3 heteroatoms. The fraction of sp³-hybridized carbons (Fsp3) is 0.667. The van der Waals surface area contributed by atoms with E-state index in [2.05, 4.69) is 26.1 Å². The molecule has 2 atom stereocenters. The highest BCUT2D eigenvalue weighted by molar-refractivity contribution is 5.27. The Bertz CT molecular complexity index is 445. The lowest BCUT2D eigenvalue weighted by Crippen LogP contribution is -2.44. The predicted molar refractivity (Wildman–Crippen MR) is 85.1 cm³/mol. The largest absolute Gasteiger partial charge is 0.377 e. The van der Waals surface area contributed by atoms with Crippen LogP contribution >= 0.6 is 0 Å². The molecular weight excluding hydrogens is 265 g/mol. The standard InChI is InChI=1S/C18H28FNO/c1-4-10-20-17(18(21-5-2)14-7-8-14)12-15-11-16(19)9-6-13(15)3/h6,9,11,14,17-18,20H,4-5,7-8,10,12H2,1-3H3. The Labute approximate surface area is 128 Å². The Kier molecular flexibility index (Phi) is 6.19. The van der Waals surface area contributed by atoms with E-state index in [4.69, 9.17) is 4.74 Å². The lowest BCUT2D eigenvalue weighted by Gasteiger charge is -2.29. The van der Waals surface area contributed by atoms with Gasteiger partial charge in [0.05, 0.1) is 6.10 Å². The minimum Gasteiger partial charge on any atom is -0.377 e. The second-order valence-electron chi connectivity index (χ2n) is 6.09. The molecule has 0 radical (unpaired) electrons. The maximum Gasteiger partial charge on any atom is 0.123 e. The molecular formula is C18H28FNO. The van der Waals surface area contributed by atoms with Gasteiger partial charge in [0.1, 0.15) is 5.82 Å². The molecule has 0 heterocycles. The Morgan fingerprint density at radius 1 is 1.33 bits per heavy atom. The number of halogens is 1. The van der Waals surface area contributed by atoms with Crippen molar-refractivity contribution in [2.75, 3.05) is 13.2 Å². The first-order valence-corrected chi connectivity index (χ1v) is 8.25. The number of rotatable bonds is 9. The van der Waals surface area contributed by atoms with E-state index in [0.717, 1.165) is 37.1 Å². The summed E-state index contributed by atoms with van der Waals surface area (Å²) < 4.78 is 19.5. The van der Waals surface area contributed by atoms with E-state index in [1.165, 1.54) is 18.9 Å². The molecule has 0 bridgehead atoms. The van der Waals surface area contributed by atoms with Gasteiger partial charge in [-0.15, -0.1) is 0 Å². The number of hydrogen-bond acceptors (Lipinski definition) is 2. The first kappa shape index (κ1) is 16.4. The molecule has 1 aliphatic rings. The van der Waals surface area contributed by atoms with Crippen LogP contribution in [-0.4, -0.2) is 25.3 Å². The molecule has 0 saturated heterocycles. The van der Waals surface area contributed by atoms with Gasteiger partial charge in [0.15, 0.2) is 0 Å². The first-order chi connectivity index (χ1) is 10.2. The van der Waals surface area contributed by atoms with E-state index in [1.807, 2.05) is 6.07 Å². The summed E-state index contributed by atoms with van der Waals surface area (Å²) in [6, 6.07) is 5.35. The highest BCUT2D eigenvalue weighted by atomic mass is 19.1. The second-order valence-corrected chi connectivity index (χ2v) is 6.09. The normalized spacial score (nSPS) is 17.7. The van der Waals surface area contributed by atoms with E-state index >= 15 is 0 Å². The van der Waals surface area contributed by atoms with E-state index in [-0.39, 0.29) is 18.0 Å². The Balaban J connectivity index is 2.12. The van der Waals surface area contributed by atoms with Crippen molar-refractivity contribution in [3.8, 4) is 0 Å². The maximum atomic E-state index is 13.5. The summed E-state index contributed by atoms with van der Waals surface area (Å²) in [6.45, 7) is 8.01. The van der Waals surface area contributed by atoms with Crippen LogP contribution in [0.15, 0.2) is 18.2 Å². The molecule has 2 unspecified atom stereocenters. The zero-order chi connectivity index (χ0) is 15.2. The minimum absolute atomic E-state index is 0.149. The number of hydrogen-bond donors (Lipinski definition) is 1. The molecule has 1 aromatic rings. The monoisotopic (exact) mass is 293 g/mol. The molecule has 0 amide bonds. The summed E-state index contributed by atoms with van der Waals surface area (Å²) in [5.74, 6) is 0.525. The van der Waals surface area contributed by atoms with Crippen LogP contribution in [0.25, 0.3) is 0 Å². The average Bonchev–Trinajstić information content (AvgIpc) is 3.29. The van der Waals surface area contributed by atoms with Crippen LogP contribution in [0.5, 0.6) is 0 Å². The van der Waals surface area contributed by atoms with Gasteiger partial charge in [0.25, 0.3) is 0 Å². The molecule has 1 aromatic carbocycles. The van der Waals surface area contributed by atoms with Crippen LogP contribution in [0.1, 0.15) is 44.2 Å². The topological polar surface area (TPSA) is 21.3 Å². The van der Waals surface area contributed by atoms with Gasteiger partial charge in [-0.25, -0.2) is 4.39 Å². The fourth-order valence-electron chi connectivity index (χ4n) is 2.93. The van der Waals surface area contributed by atoms with Crippen LogP contribution in [0.2, 0.25) is 0 Å². The molecule has 2 rings (SSSR count). The molecule has 118 valence electrons. The molecule has 0 spiro atoms. The van der Waals surface area contributed by atoms with E-state index < -0.39 is 0 Å². The number of aryl methyl sites for hydroxylation is 1. The van der Waals surface area contributed by atoms with Crippen molar-refractivity contribution >= 4 is 0 Å². The SMILES string of the molecule is CCCNC(Cc1cc(F)ccc1C)C(OCC)C1CC1. The Morgan fingerprint density at radius 3 is 2.71 bits per heavy atom. The maximum absolute atomic E-state index is 13.5. The van der Waals surface area contributed by atoms with Crippen LogP contribution in [0.3, 0.4) is 0 Å². The fourth-order valence-corrected chi connectivity index (χ4v) is 2.93. The van der Waals surface area contributed by atoms with Gasteiger partial charge < -0.3 is 10.1 Å². The van der Waals surface area contributed by atoms with Gasteiger partial charge >= 0.3 is 0 Å². The third-order valence-corrected chi connectivity index (χ3v) is 4.25. The third-order valence-electron chi connectivity index (χ3n) is 4.25. The summed E-state index contributed by atoms with van der Waals surface area (Å²) in [5.41, 5.74) is 2.25. The highest BCUT2D eigenvalue weighted by Gasteiger charge is 2.37. The van der Waals surface area contributed by atoms with Gasteiger partial charge in [-0.1, -0.05) is 13.0 Å². The second kappa shape index (κ2) is 7.90. The predicted octanol–water partition coefficient (Wildman–Crippen LogP) is 3.86. The number of benzene rings is 1. The lowest BCUT2D eigenvalue weighted by molar-refractivity contribution is 0.0192. The third kappa shape index (κ3) is 4.79. The van der Waals surface area contributed by atoms with E-state index in [1.54, 1.807) is 6.07 Å². The van der Waals surface area contributed by atoms with Crippen molar-refractivity contribution in [1.29, 1.82) is 0 Å². The molecule has 1 saturated carbocycles. The summed E-state index contributed by atoms with van der Waals surface area (Å²) in [7, 11) is 0. The Morgan fingerprint density at radius 2 is 2.10 bits per heavy atom. The zero-order valence-corrected chi connectivity index (χ0v) is 13.5. The average molecular weight is 293 g/mol. The van der Waals surface area contributed by atoms with Crippen molar-refractivity contribution in [2.24, 2.45) is 5.92 Å². The summed E-state index contributed by atoms with van der Waals surface area (Å²) in [6.07, 6.45) is 4.71. The molecule has 1 N–H and O–H groups in total. The summed E-state index contributed by atoms with van der Waals surface area (Å²) >= 11 is 0. The van der Waals surface area contributed by atoms with Gasteiger partial charge in [0, 0.05) is 12.6 Å². The van der Waals surface area contributed by atoms with Crippen LogP contribution in [-0.2, 0) is 11.2 Å². The molecule has 0 aliphatic heterocycles. The molecule has 2 nitrogen and oxygen atoms in total. The summed E-state index contributed by atoms with van der Waals surface area (Å²) in [5, 5.41) is 3.62. The highest BCUT2D eigenvalue weighted by Crippen LogP contribution is 2.36. The molecule has 1 aliphatic carbocycles.